The molecular weight excluding hydrogens is 292 g/mol. The van der Waals surface area contributed by atoms with E-state index in [1.807, 2.05) is 0 Å². The van der Waals surface area contributed by atoms with Crippen molar-refractivity contribution in [3.8, 4) is 0 Å². The van der Waals surface area contributed by atoms with Crippen molar-refractivity contribution in [1.29, 1.82) is 0 Å². The third kappa shape index (κ3) is 4.05. The maximum Gasteiger partial charge on any atom is 0.267 e. The molecule has 2 N–H and O–H groups in total. The third-order valence-electron chi connectivity index (χ3n) is 3.31. The molecule has 0 bridgehead atoms. The number of aromatic nitrogens is 1. The normalized spacial score (nSPS) is 15.2. The molecule has 0 spiro atoms. The van der Waals surface area contributed by atoms with Crippen LogP contribution in [-0.4, -0.2) is 69.4 Å². The molecule has 118 valence electrons. The van der Waals surface area contributed by atoms with E-state index < -0.39 is 0 Å². The van der Waals surface area contributed by atoms with Crippen LogP contribution in [-0.2, 0) is 9.47 Å². The summed E-state index contributed by atoms with van der Waals surface area (Å²) in [4.78, 5) is 21.0. The van der Waals surface area contributed by atoms with Gasteiger partial charge in [0.05, 0.1) is 13.2 Å². The summed E-state index contributed by atoms with van der Waals surface area (Å²) in [6.07, 6.45) is 0.799. The van der Waals surface area contributed by atoms with Gasteiger partial charge in [0.2, 0.25) is 0 Å². The molecule has 0 unspecified atom stereocenters. The lowest BCUT2D eigenvalue weighted by molar-refractivity contribution is 0.0785. The first-order valence-electron chi connectivity index (χ1n) is 6.97. The van der Waals surface area contributed by atoms with Gasteiger partial charge in [-0.1, -0.05) is 11.3 Å². The molecule has 2 heterocycles. The molecule has 1 aliphatic heterocycles. The molecule has 0 radical (unpaired) electrons. The highest BCUT2D eigenvalue weighted by Crippen LogP contribution is 2.29. The predicted octanol–water partition coefficient (Wildman–Crippen LogP) is 0.670. The number of thiazole rings is 1. The zero-order chi connectivity index (χ0) is 15.2. The second-order valence-corrected chi connectivity index (χ2v) is 5.86. The Morgan fingerprint density at radius 1 is 1.52 bits per heavy atom. The molecule has 1 aliphatic rings. The third-order valence-corrected chi connectivity index (χ3v) is 4.43. The molecule has 0 aliphatic carbocycles. The minimum atomic E-state index is -0.0828. The predicted molar refractivity (Wildman–Crippen MR) is 83.0 cm³/mol. The average molecular weight is 314 g/mol. The highest BCUT2D eigenvalue weighted by Gasteiger charge is 2.23. The molecule has 1 aromatic heterocycles. The smallest absolute Gasteiger partial charge is 0.267 e. The Morgan fingerprint density at radius 2 is 2.24 bits per heavy atom. The van der Waals surface area contributed by atoms with Crippen molar-refractivity contribution < 1.29 is 14.3 Å². The van der Waals surface area contributed by atoms with Gasteiger partial charge in [-0.05, 0) is 6.42 Å². The van der Waals surface area contributed by atoms with Crippen molar-refractivity contribution in [3.05, 3.63) is 4.88 Å². The quantitative estimate of drug-likeness (QED) is 0.777. The van der Waals surface area contributed by atoms with Crippen molar-refractivity contribution in [2.75, 3.05) is 64.2 Å². The summed E-state index contributed by atoms with van der Waals surface area (Å²) < 4.78 is 10.3. The van der Waals surface area contributed by atoms with Gasteiger partial charge >= 0.3 is 0 Å². The van der Waals surface area contributed by atoms with Crippen LogP contribution in [0.2, 0.25) is 0 Å². The van der Waals surface area contributed by atoms with Crippen LogP contribution in [0.25, 0.3) is 0 Å². The first-order valence-corrected chi connectivity index (χ1v) is 7.78. The maximum absolute atomic E-state index is 12.4. The first kappa shape index (κ1) is 16.0. The van der Waals surface area contributed by atoms with Gasteiger partial charge in [-0.15, -0.1) is 0 Å². The number of carbonyl (C=O) groups excluding carboxylic acids is 1. The number of morpholine rings is 1. The molecule has 0 saturated carbocycles. The number of carbonyl (C=O) groups is 1. The lowest BCUT2D eigenvalue weighted by Crippen LogP contribution is -2.36. The van der Waals surface area contributed by atoms with Gasteiger partial charge in [0.15, 0.2) is 5.13 Å². The second-order valence-electron chi connectivity index (χ2n) is 4.88. The Bertz CT molecular complexity index is 474. The largest absolute Gasteiger partial charge is 0.385 e. The van der Waals surface area contributed by atoms with E-state index in [2.05, 4.69) is 9.88 Å². The van der Waals surface area contributed by atoms with Crippen LogP contribution in [0.4, 0.5) is 10.9 Å². The Labute approximate surface area is 128 Å². The maximum atomic E-state index is 12.4. The minimum Gasteiger partial charge on any atom is -0.385 e. The summed E-state index contributed by atoms with van der Waals surface area (Å²) in [6.45, 7) is 4.19. The number of methoxy groups -OCH3 is 1. The Hall–Kier alpha value is -1.38. The number of anilines is 2. The van der Waals surface area contributed by atoms with Crippen LogP contribution in [0.3, 0.4) is 0 Å². The minimum absolute atomic E-state index is 0.0828. The van der Waals surface area contributed by atoms with Crippen LogP contribution < -0.4 is 10.6 Å². The van der Waals surface area contributed by atoms with E-state index in [4.69, 9.17) is 15.2 Å². The molecule has 1 amide bonds. The summed E-state index contributed by atoms with van der Waals surface area (Å²) in [5.41, 5.74) is 5.91. The molecule has 7 nitrogen and oxygen atoms in total. The van der Waals surface area contributed by atoms with E-state index in [1.165, 1.54) is 11.3 Å². The van der Waals surface area contributed by atoms with Gasteiger partial charge in [0.1, 0.15) is 10.7 Å². The number of nitrogen functional groups attached to an aromatic ring is 1. The Balaban J connectivity index is 2.01. The molecule has 0 atom stereocenters. The van der Waals surface area contributed by atoms with Crippen LogP contribution in [0.5, 0.6) is 0 Å². The second kappa shape index (κ2) is 7.58. The number of nitrogens with zero attached hydrogens (tertiary/aromatic N) is 3. The number of ether oxygens (including phenoxy) is 2. The topological polar surface area (TPSA) is 80.9 Å². The molecule has 21 heavy (non-hydrogen) atoms. The van der Waals surface area contributed by atoms with E-state index in [0.29, 0.717) is 37.1 Å². The van der Waals surface area contributed by atoms with E-state index in [9.17, 15) is 4.79 Å². The van der Waals surface area contributed by atoms with Crippen molar-refractivity contribution in [1.82, 2.24) is 9.88 Å². The zero-order valence-corrected chi connectivity index (χ0v) is 13.3. The Morgan fingerprint density at radius 3 is 2.90 bits per heavy atom. The number of hydrogen-bond donors (Lipinski definition) is 1. The van der Waals surface area contributed by atoms with Gasteiger partial charge in [-0.2, -0.15) is 0 Å². The molecule has 8 heteroatoms. The molecule has 1 fully saturated rings. The van der Waals surface area contributed by atoms with Crippen LogP contribution >= 0.6 is 11.3 Å². The lowest BCUT2D eigenvalue weighted by Gasteiger charge is -2.25. The van der Waals surface area contributed by atoms with Gasteiger partial charge in [-0.3, -0.25) is 4.79 Å². The van der Waals surface area contributed by atoms with Crippen LogP contribution in [0.15, 0.2) is 0 Å². The average Bonchev–Trinajstić information content (AvgIpc) is 2.89. The summed E-state index contributed by atoms with van der Waals surface area (Å²) in [5.74, 6) is 0.227. The first-order chi connectivity index (χ1) is 10.1. The summed E-state index contributed by atoms with van der Waals surface area (Å²) in [6, 6.07) is 0. The fourth-order valence-corrected chi connectivity index (χ4v) is 3.12. The van der Waals surface area contributed by atoms with Crippen LogP contribution in [0.1, 0.15) is 16.1 Å². The van der Waals surface area contributed by atoms with Crippen molar-refractivity contribution in [2.24, 2.45) is 0 Å². The van der Waals surface area contributed by atoms with E-state index in [0.717, 1.165) is 24.6 Å². The molecule has 1 saturated heterocycles. The van der Waals surface area contributed by atoms with Crippen molar-refractivity contribution in [3.63, 3.8) is 0 Å². The van der Waals surface area contributed by atoms with Crippen molar-refractivity contribution >= 4 is 28.2 Å². The fraction of sp³-hybridized carbons (Fsp3) is 0.692. The lowest BCUT2D eigenvalue weighted by atomic mass is 10.3. The summed E-state index contributed by atoms with van der Waals surface area (Å²) in [7, 11) is 3.42. The number of hydrogen-bond acceptors (Lipinski definition) is 7. The molecule has 2 rings (SSSR count). The molecular formula is C13H22N4O3S. The fourth-order valence-electron chi connectivity index (χ4n) is 2.08. The van der Waals surface area contributed by atoms with E-state index >= 15 is 0 Å². The monoisotopic (exact) mass is 314 g/mol. The number of amides is 1. The zero-order valence-electron chi connectivity index (χ0n) is 12.5. The highest BCUT2D eigenvalue weighted by atomic mass is 32.1. The Kier molecular flexibility index (Phi) is 5.77. The SMILES string of the molecule is COCCCN(C)C(=O)c1sc(N2CCOCC2)nc1N. The highest BCUT2D eigenvalue weighted by molar-refractivity contribution is 7.18. The molecule has 1 aromatic rings. The summed E-state index contributed by atoms with van der Waals surface area (Å²) in [5, 5.41) is 0.796. The van der Waals surface area contributed by atoms with Gasteiger partial charge in [0, 0.05) is 40.4 Å². The standard InChI is InChI=1S/C13H22N4O3S/c1-16(4-3-7-19-2)12(18)10-11(14)15-13(21-10)17-5-8-20-9-6-17/h3-9,14H2,1-2H3. The van der Waals surface area contributed by atoms with Gasteiger partial charge < -0.3 is 25.0 Å². The van der Waals surface area contributed by atoms with E-state index in [-0.39, 0.29) is 5.91 Å². The van der Waals surface area contributed by atoms with Gasteiger partial charge in [0.25, 0.3) is 5.91 Å². The number of nitrogens with two attached hydrogens (primary N) is 1. The number of rotatable bonds is 6. The summed E-state index contributed by atoms with van der Waals surface area (Å²) >= 11 is 1.35. The van der Waals surface area contributed by atoms with Crippen LogP contribution in [0, 0.1) is 0 Å². The van der Waals surface area contributed by atoms with E-state index in [1.54, 1.807) is 19.1 Å². The van der Waals surface area contributed by atoms with Gasteiger partial charge in [-0.25, -0.2) is 4.98 Å². The molecule has 0 aromatic carbocycles. The van der Waals surface area contributed by atoms with Crippen molar-refractivity contribution in [2.45, 2.75) is 6.42 Å².